The van der Waals surface area contributed by atoms with Gasteiger partial charge in [0.2, 0.25) is 5.95 Å². The van der Waals surface area contributed by atoms with Crippen molar-refractivity contribution in [2.45, 2.75) is 44.2 Å². The first-order chi connectivity index (χ1) is 15.9. The van der Waals surface area contributed by atoms with Crippen LogP contribution in [0.5, 0.6) is 0 Å². The smallest absolute Gasteiger partial charge is 0.252 e. The Labute approximate surface area is 186 Å². The van der Waals surface area contributed by atoms with Crippen molar-refractivity contribution in [2.24, 2.45) is 0 Å². The van der Waals surface area contributed by atoms with E-state index >= 15 is 0 Å². The molecule has 6 rings (SSSR count). The highest BCUT2D eigenvalue weighted by Gasteiger charge is 2.51. The molecule has 1 aromatic carbocycles. The van der Waals surface area contributed by atoms with E-state index in [4.69, 9.17) is 4.98 Å². The maximum atomic E-state index is 13.8. The Balaban J connectivity index is 1.48. The monoisotopic (exact) mass is 452 g/mol. The zero-order chi connectivity index (χ0) is 22.7. The molecule has 1 atom stereocenters. The van der Waals surface area contributed by atoms with Gasteiger partial charge in [0.1, 0.15) is 23.7 Å². The van der Waals surface area contributed by atoms with Crippen LogP contribution in [0, 0.1) is 5.82 Å². The molecule has 8 nitrogen and oxygen atoms in total. The quantitative estimate of drug-likeness (QED) is 0.464. The lowest BCUT2D eigenvalue weighted by molar-refractivity contribution is -0.0878. The minimum absolute atomic E-state index is 0.233. The second kappa shape index (κ2) is 7.12. The molecule has 33 heavy (non-hydrogen) atoms. The van der Waals surface area contributed by atoms with Crippen LogP contribution < -0.4 is 4.90 Å². The van der Waals surface area contributed by atoms with E-state index in [0.717, 1.165) is 0 Å². The van der Waals surface area contributed by atoms with Gasteiger partial charge in [-0.2, -0.15) is 4.98 Å². The van der Waals surface area contributed by atoms with Crippen LogP contribution in [-0.4, -0.2) is 46.2 Å². The van der Waals surface area contributed by atoms with Crippen LogP contribution in [0.3, 0.4) is 0 Å². The zero-order valence-corrected chi connectivity index (χ0v) is 17.6. The van der Waals surface area contributed by atoms with Gasteiger partial charge in [-0.3, -0.25) is 9.13 Å². The van der Waals surface area contributed by atoms with E-state index in [9.17, 15) is 13.2 Å². The molecular formula is C22H19F3N8. The first-order valence-electron chi connectivity index (χ1n) is 10.7. The summed E-state index contributed by atoms with van der Waals surface area (Å²) in [5.41, 5.74) is 1.34. The molecule has 1 aliphatic heterocycles. The molecule has 1 aliphatic carbocycles. The molecule has 1 saturated carbocycles. The minimum Gasteiger partial charge on any atom is -0.341 e. The molecule has 1 fully saturated rings. The topological polar surface area (TPSA) is 77.5 Å². The van der Waals surface area contributed by atoms with Crippen LogP contribution in [-0.2, 0) is 0 Å². The largest absolute Gasteiger partial charge is 0.341 e. The van der Waals surface area contributed by atoms with Gasteiger partial charge in [-0.05, 0) is 30.7 Å². The molecule has 4 heterocycles. The Hall–Kier alpha value is -3.76. The summed E-state index contributed by atoms with van der Waals surface area (Å²) < 4.78 is 44.6. The summed E-state index contributed by atoms with van der Waals surface area (Å²) in [5, 5.41) is 8.29. The molecule has 11 heteroatoms. The van der Waals surface area contributed by atoms with Crippen molar-refractivity contribution in [3.05, 3.63) is 60.8 Å². The summed E-state index contributed by atoms with van der Waals surface area (Å²) >= 11 is 0. The predicted octanol–water partition coefficient (Wildman–Crippen LogP) is 4.12. The molecule has 0 N–H and O–H groups in total. The van der Waals surface area contributed by atoms with E-state index in [1.165, 1.54) is 12.1 Å². The summed E-state index contributed by atoms with van der Waals surface area (Å²) in [5.74, 6) is -0.892. The van der Waals surface area contributed by atoms with Crippen LogP contribution in [0.2, 0.25) is 0 Å². The van der Waals surface area contributed by atoms with Crippen molar-refractivity contribution in [3.8, 4) is 23.0 Å². The predicted molar refractivity (Wildman–Crippen MR) is 113 cm³/mol. The van der Waals surface area contributed by atoms with Gasteiger partial charge in [-0.25, -0.2) is 23.1 Å². The molecule has 0 spiro atoms. The lowest BCUT2D eigenvalue weighted by atomic mass is 9.85. The standard InChI is InChI=1S/C22H19F3N8/c1-2-16-20-30-28-12-32(20)17-11-27-21(29-19(17)33(16)15-9-22(24,25)10-15)31-8-7-26-18(31)13-3-5-14(23)6-4-13/h3-8,11-12,15-16H,2,9-10H2,1H3/t16-/m1/s1. The molecule has 2 aliphatic rings. The Morgan fingerprint density at radius 1 is 1.09 bits per heavy atom. The van der Waals surface area contributed by atoms with E-state index in [2.05, 4.69) is 20.2 Å². The van der Waals surface area contributed by atoms with Crippen LogP contribution in [0.25, 0.3) is 23.0 Å². The third-order valence-corrected chi connectivity index (χ3v) is 6.26. The number of hydrogen-bond acceptors (Lipinski definition) is 6. The van der Waals surface area contributed by atoms with Crippen molar-refractivity contribution < 1.29 is 13.2 Å². The number of anilines is 1. The molecule has 3 aromatic heterocycles. The Kier molecular flexibility index (Phi) is 4.29. The lowest BCUT2D eigenvalue weighted by Gasteiger charge is -2.48. The zero-order valence-electron chi connectivity index (χ0n) is 17.6. The maximum absolute atomic E-state index is 13.8. The lowest BCUT2D eigenvalue weighted by Crippen LogP contribution is -2.54. The van der Waals surface area contributed by atoms with Crippen molar-refractivity contribution in [1.29, 1.82) is 0 Å². The summed E-state index contributed by atoms with van der Waals surface area (Å²) in [6, 6.07) is 5.39. The number of alkyl halides is 2. The van der Waals surface area contributed by atoms with Crippen LogP contribution in [0.4, 0.5) is 19.0 Å². The highest BCUT2D eigenvalue weighted by Crippen LogP contribution is 2.48. The van der Waals surface area contributed by atoms with Gasteiger partial charge in [0.25, 0.3) is 5.92 Å². The molecule has 0 bridgehead atoms. The van der Waals surface area contributed by atoms with Gasteiger partial charge in [0.05, 0.1) is 12.2 Å². The van der Waals surface area contributed by atoms with Gasteiger partial charge in [-0.1, -0.05) is 6.92 Å². The van der Waals surface area contributed by atoms with Gasteiger partial charge in [0.15, 0.2) is 11.6 Å². The molecule has 4 aromatic rings. The number of fused-ring (bicyclic) bond motifs is 3. The summed E-state index contributed by atoms with van der Waals surface area (Å²) in [6.45, 7) is 1.99. The van der Waals surface area contributed by atoms with Crippen molar-refractivity contribution in [3.63, 3.8) is 0 Å². The summed E-state index contributed by atoms with van der Waals surface area (Å²) in [6.07, 6.45) is 6.75. The van der Waals surface area contributed by atoms with Crippen LogP contribution in [0.15, 0.2) is 49.2 Å². The summed E-state index contributed by atoms with van der Waals surface area (Å²) in [7, 11) is 0. The third kappa shape index (κ3) is 3.10. The highest BCUT2D eigenvalue weighted by molar-refractivity contribution is 5.64. The third-order valence-electron chi connectivity index (χ3n) is 6.26. The highest BCUT2D eigenvalue weighted by atomic mass is 19.3. The number of rotatable bonds is 4. The van der Waals surface area contributed by atoms with Gasteiger partial charge >= 0.3 is 0 Å². The van der Waals surface area contributed by atoms with E-state index in [1.54, 1.807) is 41.6 Å². The fraction of sp³-hybridized carbons (Fsp3) is 0.318. The molecule has 0 saturated heterocycles. The van der Waals surface area contributed by atoms with Crippen molar-refractivity contribution in [2.75, 3.05) is 4.90 Å². The van der Waals surface area contributed by atoms with E-state index in [1.807, 2.05) is 16.4 Å². The number of imidazole rings is 1. The van der Waals surface area contributed by atoms with Gasteiger partial charge < -0.3 is 4.90 Å². The Bertz CT molecular complexity index is 1320. The number of aromatic nitrogens is 7. The van der Waals surface area contributed by atoms with Gasteiger partial charge in [0, 0.05) is 36.8 Å². The molecule has 0 radical (unpaired) electrons. The van der Waals surface area contributed by atoms with E-state index in [-0.39, 0.29) is 30.7 Å². The number of halogens is 3. The first-order valence-corrected chi connectivity index (χ1v) is 10.7. The molecule has 0 amide bonds. The second-order valence-corrected chi connectivity index (χ2v) is 8.32. The van der Waals surface area contributed by atoms with E-state index < -0.39 is 5.92 Å². The SMILES string of the molecule is CC[C@@H]1c2nncn2-c2cnc(-n3ccnc3-c3ccc(F)cc3)nc2N1C1CC(F)(F)C1. The Morgan fingerprint density at radius 3 is 2.61 bits per heavy atom. The average Bonchev–Trinajstić information content (AvgIpc) is 3.46. The fourth-order valence-electron chi connectivity index (χ4n) is 4.67. The van der Waals surface area contributed by atoms with Crippen LogP contribution >= 0.6 is 0 Å². The van der Waals surface area contributed by atoms with Gasteiger partial charge in [-0.15, -0.1) is 10.2 Å². The Morgan fingerprint density at radius 2 is 1.88 bits per heavy atom. The summed E-state index contributed by atoms with van der Waals surface area (Å²) in [4.78, 5) is 15.7. The maximum Gasteiger partial charge on any atom is 0.252 e. The first kappa shape index (κ1) is 19.9. The second-order valence-electron chi connectivity index (χ2n) is 8.32. The van der Waals surface area contributed by atoms with Crippen LogP contribution in [0.1, 0.15) is 38.1 Å². The average molecular weight is 452 g/mol. The number of benzene rings is 1. The number of nitrogens with zero attached hydrogens (tertiary/aromatic N) is 8. The fourth-order valence-corrected chi connectivity index (χ4v) is 4.67. The number of hydrogen-bond donors (Lipinski definition) is 0. The molecule has 168 valence electrons. The van der Waals surface area contributed by atoms with Crippen molar-refractivity contribution >= 4 is 5.82 Å². The minimum atomic E-state index is -2.68. The van der Waals surface area contributed by atoms with E-state index in [0.29, 0.717) is 41.1 Å². The van der Waals surface area contributed by atoms with Crippen molar-refractivity contribution in [1.82, 2.24) is 34.3 Å². The normalized spacial score (nSPS) is 19.2. The molecular weight excluding hydrogens is 433 g/mol. The molecule has 0 unspecified atom stereocenters.